The first-order valence-electron chi connectivity index (χ1n) is 7.84. The Hall–Kier alpha value is -0.120. The van der Waals surface area contributed by atoms with Crippen molar-refractivity contribution in [3.8, 4) is 0 Å². The zero-order chi connectivity index (χ0) is 13.0. The summed E-state index contributed by atoms with van der Waals surface area (Å²) in [5.41, 5.74) is 0. The highest BCUT2D eigenvalue weighted by Crippen LogP contribution is 2.35. The van der Waals surface area contributed by atoms with Crippen LogP contribution in [0.4, 0.5) is 0 Å². The smallest absolute Gasteiger partial charge is 0.0674 e. The van der Waals surface area contributed by atoms with Crippen LogP contribution in [0.1, 0.15) is 46.5 Å². The van der Waals surface area contributed by atoms with Gasteiger partial charge in [0.25, 0.3) is 0 Å². The second-order valence-corrected chi connectivity index (χ2v) is 6.01. The highest BCUT2D eigenvalue weighted by molar-refractivity contribution is 4.94. The topological polar surface area (TPSA) is 24.5 Å². The number of nitrogens with zero attached hydrogens (tertiary/aromatic N) is 1. The Bertz CT molecular complexity index is 247. The summed E-state index contributed by atoms with van der Waals surface area (Å²) in [5, 5.41) is 3.59. The molecular formula is C15H30N2O. The van der Waals surface area contributed by atoms with Crippen molar-refractivity contribution in [2.45, 2.75) is 64.6 Å². The average molecular weight is 254 g/mol. The van der Waals surface area contributed by atoms with E-state index in [-0.39, 0.29) is 0 Å². The zero-order valence-electron chi connectivity index (χ0n) is 12.3. The molecule has 1 saturated heterocycles. The molecule has 0 aromatic carbocycles. The van der Waals surface area contributed by atoms with Gasteiger partial charge < -0.3 is 10.1 Å². The molecule has 0 amide bonds. The van der Waals surface area contributed by atoms with E-state index in [1.54, 1.807) is 0 Å². The van der Waals surface area contributed by atoms with E-state index in [9.17, 15) is 0 Å². The Morgan fingerprint density at radius 1 is 1.28 bits per heavy atom. The van der Waals surface area contributed by atoms with Gasteiger partial charge in [-0.1, -0.05) is 13.8 Å². The van der Waals surface area contributed by atoms with Crippen LogP contribution in [0.3, 0.4) is 0 Å². The molecule has 18 heavy (non-hydrogen) atoms. The standard InChI is InChI=1S/C15H30N2O/c1-4-8-16-9-13-6-7-15(13)17-10-12(3)18-11-14(17)5-2/h12-16H,4-11H2,1-3H3. The first kappa shape index (κ1) is 14.3. The Morgan fingerprint density at radius 2 is 2.11 bits per heavy atom. The average Bonchev–Trinajstić information content (AvgIpc) is 2.33. The lowest BCUT2D eigenvalue weighted by Gasteiger charge is -2.50. The van der Waals surface area contributed by atoms with Crippen LogP contribution < -0.4 is 5.32 Å². The normalized spacial score (nSPS) is 37.5. The maximum absolute atomic E-state index is 5.81. The highest BCUT2D eigenvalue weighted by Gasteiger charge is 2.40. The molecular weight excluding hydrogens is 224 g/mol. The van der Waals surface area contributed by atoms with Gasteiger partial charge in [0.15, 0.2) is 0 Å². The van der Waals surface area contributed by atoms with Gasteiger partial charge in [-0.3, -0.25) is 4.90 Å². The van der Waals surface area contributed by atoms with Crippen LogP contribution in [0.15, 0.2) is 0 Å². The lowest BCUT2D eigenvalue weighted by Crippen LogP contribution is -2.59. The van der Waals surface area contributed by atoms with Crippen LogP contribution in [0.5, 0.6) is 0 Å². The van der Waals surface area contributed by atoms with Gasteiger partial charge in [-0.15, -0.1) is 0 Å². The molecule has 4 atom stereocenters. The quantitative estimate of drug-likeness (QED) is 0.736. The molecule has 3 nitrogen and oxygen atoms in total. The lowest BCUT2D eigenvalue weighted by molar-refractivity contribution is -0.0985. The Kier molecular flexibility index (Phi) is 5.46. The van der Waals surface area contributed by atoms with Gasteiger partial charge in [0.1, 0.15) is 0 Å². The minimum atomic E-state index is 0.414. The second kappa shape index (κ2) is 6.88. The van der Waals surface area contributed by atoms with E-state index in [4.69, 9.17) is 4.74 Å². The van der Waals surface area contributed by atoms with Crippen molar-refractivity contribution in [2.24, 2.45) is 5.92 Å². The summed E-state index contributed by atoms with van der Waals surface area (Å²) >= 11 is 0. The predicted octanol–water partition coefficient (Wildman–Crippen LogP) is 2.26. The zero-order valence-corrected chi connectivity index (χ0v) is 12.3. The van der Waals surface area contributed by atoms with Gasteiger partial charge in [-0.2, -0.15) is 0 Å². The van der Waals surface area contributed by atoms with Crippen molar-refractivity contribution in [1.29, 1.82) is 0 Å². The van der Waals surface area contributed by atoms with Crippen molar-refractivity contribution in [3.05, 3.63) is 0 Å². The number of rotatable bonds is 6. The fourth-order valence-corrected chi connectivity index (χ4v) is 3.32. The molecule has 1 aliphatic heterocycles. The largest absolute Gasteiger partial charge is 0.376 e. The number of hydrogen-bond acceptors (Lipinski definition) is 3. The molecule has 106 valence electrons. The molecule has 1 saturated carbocycles. The van der Waals surface area contributed by atoms with Crippen LogP contribution in [0, 0.1) is 5.92 Å². The summed E-state index contributed by atoms with van der Waals surface area (Å²) < 4.78 is 5.81. The maximum Gasteiger partial charge on any atom is 0.0674 e. The molecule has 0 bridgehead atoms. The molecule has 2 rings (SSSR count). The highest BCUT2D eigenvalue weighted by atomic mass is 16.5. The molecule has 3 heteroatoms. The van der Waals surface area contributed by atoms with Crippen LogP contribution in [-0.2, 0) is 4.74 Å². The molecule has 0 radical (unpaired) electrons. The summed E-state index contributed by atoms with van der Waals surface area (Å²) in [6, 6.07) is 1.46. The lowest BCUT2D eigenvalue weighted by atomic mass is 9.77. The molecule has 2 fully saturated rings. The summed E-state index contributed by atoms with van der Waals surface area (Å²) in [5.74, 6) is 0.871. The monoisotopic (exact) mass is 254 g/mol. The van der Waals surface area contributed by atoms with Gasteiger partial charge in [-0.05, 0) is 51.6 Å². The van der Waals surface area contributed by atoms with Crippen LogP contribution in [-0.4, -0.2) is 49.3 Å². The maximum atomic E-state index is 5.81. The third-order valence-electron chi connectivity index (χ3n) is 4.62. The minimum Gasteiger partial charge on any atom is -0.376 e. The van der Waals surface area contributed by atoms with E-state index in [1.807, 2.05) is 0 Å². The van der Waals surface area contributed by atoms with E-state index in [0.717, 1.165) is 25.1 Å². The third kappa shape index (κ3) is 3.25. The van der Waals surface area contributed by atoms with Gasteiger partial charge in [0.2, 0.25) is 0 Å². The Morgan fingerprint density at radius 3 is 2.72 bits per heavy atom. The molecule has 0 spiro atoms. The number of ether oxygens (including phenoxy) is 1. The molecule has 0 aromatic heterocycles. The van der Waals surface area contributed by atoms with E-state index >= 15 is 0 Å². The van der Waals surface area contributed by atoms with Gasteiger partial charge >= 0.3 is 0 Å². The first-order chi connectivity index (χ1) is 8.76. The Balaban J connectivity index is 1.84. The number of nitrogens with one attached hydrogen (secondary N) is 1. The van der Waals surface area contributed by atoms with Crippen molar-refractivity contribution < 1.29 is 4.74 Å². The summed E-state index contributed by atoms with van der Waals surface area (Å²) in [7, 11) is 0. The van der Waals surface area contributed by atoms with Crippen LogP contribution in [0.25, 0.3) is 0 Å². The number of morpholine rings is 1. The van der Waals surface area contributed by atoms with E-state index in [1.165, 1.54) is 38.8 Å². The minimum absolute atomic E-state index is 0.414. The van der Waals surface area contributed by atoms with E-state index in [2.05, 4.69) is 31.0 Å². The van der Waals surface area contributed by atoms with Crippen molar-refractivity contribution in [3.63, 3.8) is 0 Å². The Labute approximate surface area is 112 Å². The summed E-state index contributed by atoms with van der Waals surface area (Å²) in [4.78, 5) is 2.75. The second-order valence-electron chi connectivity index (χ2n) is 6.01. The van der Waals surface area contributed by atoms with E-state index < -0.39 is 0 Å². The SMILES string of the molecule is CCCNCC1CCC1N1CC(C)OCC1CC. The van der Waals surface area contributed by atoms with Crippen LogP contribution in [0.2, 0.25) is 0 Å². The number of hydrogen-bond donors (Lipinski definition) is 1. The van der Waals surface area contributed by atoms with Gasteiger partial charge in [-0.25, -0.2) is 0 Å². The summed E-state index contributed by atoms with van der Waals surface area (Å²) in [6.45, 7) is 11.2. The first-order valence-corrected chi connectivity index (χ1v) is 7.84. The van der Waals surface area contributed by atoms with Crippen LogP contribution >= 0.6 is 0 Å². The van der Waals surface area contributed by atoms with Crippen molar-refractivity contribution in [1.82, 2.24) is 10.2 Å². The van der Waals surface area contributed by atoms with Gasteiger partial charge in [0, 0.05) is 18.6 Å². The van der Waals surface area contributed by atoms with Gasteiger partial charge in [0.05, 0.1) is 12.7 Å². The van der Waals surface area contributed by atoms with E-state index in [0.29, 0.717) is 12.1 Å². The fraction of sp³-hybridized carbons (Fsp3) is 1.00. The van der Waals surface area contributed by atoms with Crippen molar-refractivity contribution >= 4 is 0 Å². The molecule has 1 heterocycles. The van der Waals surface area contributed by atoms with Crippen molar-refractivity contribution in [2.75, 3.05) is 26.2 Å². The fourth-order valence-electron chi connectivity index (χ4n) is 3.32. The third-order valence-corrected chi connectivity index (χ3v) is 4.62. The molecule has 2 aliphatic rings. The summed E-state index contributed by atoms with van der Waals surface area (Å²) in [6.07, 6.45) is 5.67. The molecule has 0 aromatic rings. The molecule has 1 aliphatic carbocycles. The molecule has 1 N–H and O–H groups in total. The predicted molar refractivity (Wildman–Crippen MR) is 75.9 cm³/mol. The molecule has 4 unspecified atom stereocenters.